The van der Waals surface area contributed by atoms with Gasteiger partial charge in [0.15, 0.2) is 9.84 Å². The number of hydrogen-bond donors (Lipinski definition) is 3. The van der Waals surface area contributed by atoms with Gasteiger partial charge in [-0.3, -0.25) is 9.59 Å². The lowest BCUT2D eigenvalue weighted by Gasteiger charge is -2.08. The molecule has 0 spiro atoms. The molecule has 2 rings (SSSR count). The Morgan fingerprint density at radius 3 is 2.00 bits per heavy atom. The lowest BCUT2D eigenvalue weighted by Crippen LogP contribution is -2.35. The molecule has 12 heteroatoms. The lowest BCUT2D eigenvalue weighted by atomic mass is 10.1. The zero-order chi connectivity index (χ0) is 22.4. The summed E-state index contributed by atoms with van der Waals surface area (Å²) in [5, 5.41) is 9.74. The van der Waals surface area contributed by atoms with Crippen LogP contribution >= 0.6 is 0 Å². The molecule has 0 aromatic heterocycles. The highest BCUT2D eigenvalue weighted by molar-refractivity contribution is 7.92. The fourth-order valence-corrected chi connectivity index (χ4v) is 4.01. The molecule has 0 unspecified atom stereocenters. The number of hydrogen-bond acceptors (Lipinski definition) is 6. The van der Waals surface area contributed by atoms with Gasteiger partial charge in [0.1, 0.15) is 17.3 Å². The summed E-state index contributed by atoms with van der Waals surface area (Å²) in [6.45, 7) is 0.116. The molecule has 9 nitrogen and oxygen atoms in total. The minimum atomic E-state index is -4.00. The Balaban J connectivity index is 1.78. The zero-order valence-electron chi connectivity index (χ0n) is 15.7. The molecule has 2 aromatic rings. The first kappa shape index (κ1) is 23.4. The van der Waals surface area contributed by atoms with Crippen LogP contribution in [0.4, 0.5) is 10.1 Å². The van der Waals surface area contributed by atoms with E-state index in [9.17, 15) is 30.8 Å². The van der Waals surface area contributed by atoms with Gasteiger partial charge in [0, 0.05) is 12.2 Å². The van der Waals surface area contributed by atoms with E-state index in [0.29, 0.717) is 12.0 Å². The second-order valence-corrected chi connectivity index (χ2v) is 10.0. The third kappa shape index (κ3) is 7.89. The van der Waals surface area contributed by atoms with E-state index in [2.05, 4.69) is 10.6 Å². The second kappa shape index (κ2) is 9.78. The first-order chi connectivity index (χ1) is 13.9. The monoisotopic (exact) mass is 457 g/mol. The minimum Gasteiger partial charge on any atom is -0.355 e. The number of amides is 2. The molecular weight excluding hydrogens is 437 g/mol. The van der Waals surface area contributed by atoms with Gasteiger partial charge in [-0.15, -0.1) is 0 Å². The maximum absolute atomic E-state index is 12.8. The van der Waals surface area contributed by atoms with Crippen LogP contribution in [-0.2, 0) is 35.9 Å². The largest absolute Gasteiger partial charge is 0.355 e. The van der Waals surface area contributed by atoms with Crippen molar-refractivity contribution in [2.75, 3.05) is 23.4 Å². The third-order valence-electron chi connectivity index (χ3n) is 3.82. The average molecular weight is 458 g/mol. The van der Waals surface area contributed by atoms with Crippen molar-refractivity contribution in [2.24, 2.45) is 5.14 Å². The lowest BCUT2D eigenvalue weighted by molar-refractivity contribution is -0.118. The Morgan fingerprint density at radius 2 is 1.43 bits per heavy atom. The number of carbonyl (C=O) groups excluding carboxylic acids is 2. The summed E-state index contributed by atoms with van der Waals surface area (Å²) in [6, 6.07) is 10.5. The van der Waals surface area contributed by atoms with E-state index in [4.69, 9.17) is 5.14 Å². The number of anilines is 1. The molecule has 0 aliphatic carbocycles. The SMILES string of the molecule is NS(=O)(=O)c1ccc(CCNC(=O)CS(=O)(=O)CC(=O)Nc2ccc(F)cc2)cc1. The van der Waals surface area contributed by atoms with E-state index < -0.39 is 49.0 Å². The van der Waals surface area contributed by atoms with Gasteiger partial charge in [-0.2, -0.15) is 0 Å². The number of primary sulfonamides is 1. The van der Waals surface area contributed by atoms with Crippen molar-refractivity contribution < 1.29 is 30.8 Å². The topological polar surface area (TPSA) is 152 Å². The van der Waals surface area contributed by atoms with Crippen LogP contribution in [0.1, 0.15) is 5.56 Å². The number of sulfone groups is 1. The van der Waals surface area contributed by atoms with Crippen molar-refractivity contribution in [1.29, 1.82) is 0 Å². The van der Waals surface area contributed by atoms with Gasteiger partial charge in [0.2, 0.25) is 21.8 Å². The number of sulfonamides is 1. The van der Waals surface area contributed by atoms with Crippen LogP contribution in [-0.4, -0.2) is 46.7 Å². The van der Waals surface area contributed by atoms with Crippen molar-refractivity contribution in [3.63, 3.8) is 0 Å². The molecule has 2 aromatic carbocycles. The Labute approximate surface area is 173 Å². The molecular formula is C18H20FN3O6S2. The smallest absolute Gasteiger partial charge is 0.239 e. The molecule has 0 saturated heterocycles. The van der Waals surface area contributed by atoms with E-state index >= 15 is 0 Å². The summed E-state index contributed by atoms with van der Waals surface area (Å²) in [5.41, 5.74) is 0.943. The molecule has 0 bridgehead atoms. The maximum Gasteiger partial charge on any atom is 0.239 e. The van der Waals surface area contributed by atoms with Gasteiger partial charge in [0.05, 0.1) is 4.90 Å². The number of benzene rings is 2. The molecule has 0 fully saturated rings. The highest BCUT2D eigenvalue weighted by Crippen LogP contribution is 2.09. The normalized spacial score (nSPS) is 11.7. The summed E-state index contributed by atoms with van der Waals surface area (Å²) in [6.07, 6.45) is 0.335. The predicted octanol–water partition coefficient (Wildman–Crippen LogP) is 0.185. The number of carbonyl (C=O) groups is 2. The van der Waals surface area contributed by atoms with Crippen LogP contribution in [0.5, 0.6) is 0 Å². The molecule has 0 radical (unpaired) electrons. The van der Waals surface area contributed by atoms with Crippen LogP contribution in [0.3, 0.4) is 0 Å². The molecule has 0 aliphatic rings. The van der Waals surface area contributed by atoms with E-state index in [-0.39, 0.29) is 17.1 Å². The molecule has 162 valence electrons. The fraction of sp³-hybridized carbons (Fsp3) is 0.222. The van der Waals surface area contributed by atoms with E-state index in [1.165, 1.54) is 36.4 Å². The predicted molar refractivity (Wildman–Crippen MR) is 108 cm³/mol. The van der Waals surface area contributed by atoms with E-state index in [1.54, 1.807) is 0 Å². The molecule has 0 aliphatic heterocycles. The van der Waals surface area contributed by atoms with Crippen molar-refractivity contribution >= 4 is 37.4 Å². The van der Waals surface area contributed by atoms with Gasteiger partial charge < -0.3 is 10.6 Å². The van der Waals surface area contributed by atoms with Gasteiger partial charge >= 0.3 is 0 Å². The minimum absolute atomic E-state index is 0.0414. The Hall–Kier alpha value is -2.83. The van der Waals surface area contributed by atoms with Crippen LogP contribution in [0.15, 0.2) is 53.4 Å². The zero-order valence-corrected chi connectivity index (χ0v) is 17.3. The average Bonchev–Trinajstić information content (AvgIpc) is 2.62. The summed E-state index contributed by atoms with van der Waals surface area (Å²) in [7, 11) is -7.80. The summed E-state index contributed by atoms with van der Waals surface area (Å²) >= 11 is 0. The summed E-state index contributed by atoms with van der Waals surface area (Å²) in [4.78, 5) is 23.6. The molecule has 30 heavy (non-hydrogen) atoms. The maximum atomic E-state index is 12.8. The number of rotatable bonds is 9. The Morgan fingerprint density at radius 1 is 0.867 bits per heavy atom. The molecule has 0 saturated carbocycles. The third-order valence-corrected chi connectivity index (χ3v) is 6.15. The number of nitrogens with one attached hydrogen (secondary N) is 2. The first-order valence-electron chi connectivity index (χ1n) is 8.59. The van der Waals surface area contributed by atoms with Crippen molar-refractivity contribution in [2.45, 2.75) is 11.3 Å². The summed E-state index contributed by atoms with van der Waals surface area (Å²) < 4.78 is 59.2. The number of nitrogens with two attached hydrogens (primary N) is 1. The van der Waals surface area contributed by atoms with Gasteiger partial charge in [-0.25, -0.2) is 26.4 Å². The standard InChI is InChI=1S/C18H20FN3O6S2/c19-14-3-5-15(6-4-14)22-18(24)12-29(25,26)11-17(23)21-10-9-13-1-7-16(8-2-13)30(20,27)28/h1-8H,9-12H2,(H,21,23)(H,22,24)(H2,20,27,28). The van der Waals surface area contributed by atoms with Crippen LogP contribution in [0.25, 0.3) is 0 Å². The van der Waals surface area contributed by atoms with E-state index in [0.717, 1.165) is 12.1 Å². The molecule has 0 heterocycles. The van der Waals surface area contributed by atoms with Crippen LogP contribution in [0.2, 0.25) is 0 Å². The quantitative estimate of drug-likeness (QED) is 0.489. The molecule has 4 N–H and O–H groups in total. The fourth-order valence-electron chi connectivity index (χ4n) is 2.42. The van der Waals surface area contributed by atoms with Gasteiger partial charge in [-0.05, 0) is 48.4 Å². The van der Waals surface area contributed by atoms with Gasteiger partial charge in [-0.1, -0.05) is 12.1 Å². The highest BCUT2D eigenvalue weighted by atomic mass is 32.2. The Kier molecular flexibility index (Phi) is 7.65. The van der Waals surface area contributed by atoms with Crippen molar-refractivity contribution in [1.82, 2.24) is 5.32 Å². The van der Waals surface area contributed by atoms with Crippen LogP contribution < -0.4 is 15.8 Å². The van der Waals surface area contributed by atoms with Crippen molar-refractivity contribution in [3.05, 3.63) is 59.9 Å². The summed E-state index contributed by atoms with van der Waals surface area (Å²) in [5.74, 6) is -3.88. The highest BCUT2D eigenvalue weighted by Gasteiger charge is 2.21. The number of halogens is 1. The van der Waals surface area contributed by atoms with Gasteiger partial charge in [0.25, 0.3) is 0 Å². The molecule has 0 atom stereocenters. The Bertz CT molecular complexity index is 1120. The first-order valence-corrected chi connectivity index (χ1v) is 12.0. The van der Waals surface area contributed by atoms with Crippen molar-refractivity contribution in [3.8, 4) is 0 Å². The van der Waals surface area contributed by atoms with Crippen LogP contribution in [0, 0.1) is 5.82 Å². The van der Waals surface area contributed by atoms with E-state index in [1.807, 2.05) is 0 Å². The second-order valence-electron chi connectivity index (χ2n) is 6.38. The molecule has 2 amide bonds.